The zero-order valence-corrected chi connectivity index (χ0v) is 15.1. The summed E-state index contributed by atoms with van der Waals surface area (Å²) in [6.45, 7) is 0. The van der Waals surface area contributed by atoms with E-state index in [1.807, 2.05) is 18.2 Å². The van der Waals surface area contributed by atoms with Crippen molar-refractivity contribution in [2.24, 2.45) is 7.05 Å². The van der Waals surface area contributed by atoms with Crippen molar-refractivity contribution < 1.29 is 4.74 Å². The van der Waals surface area contributed by atoms with Gasteiger partial charge in [-0.15, -0.1) is 15.3 Å². The molecule has 26 heavy (non-hydrogen) atoms. The predicted molar refractivity (Wildman–Crippen MR) is 97.8 cm³/mol. The lowest BCUT2D eigenvalue weighted by Gasteiger charge is -2.12. The van der Waals surface area contributed by atoms with E-state index in [-0.39, 0.29) is 0 Å². The molecule has 132 valence electrons. The molecule has 3 aromatic heterocycles. The molecule has 0 amide bonds. The van der Waals surface area contributed by atoms with Gasteiger partial charge in [0.05, 0.1) is 30.6 Å². The van der Waals surface area contributed by atoms with E-state index in [0.717, 1.165) is 16.6 Å². The predicted octanol–water partition coefficient (Wildman–Crippen LogP) is 2.31. The maximum atomic E-state index is 6.10. The zero-order chi connectivity index (χ0) is 18.3. The average Bonchev–Trinajstić information content (AvgIpc) is 3.24. The fourth-order valence-corrected chi connectivity index (χ4v) is 2.98. The second-order valence-corrected chi connectivity index (χ2v) is 5.88. The lowest BCUT2D eigenvalue weighted by Crippen LogP contribution is -2.02. The minimum Gasteiger partial charge on any atom is -0.494 e. The van der Waals surface area contributed by atoms with Crippen LogP contribution in [0.1, 0.15) is 0 Å². The van der Waals surface area contributed by atoms with Crippen LogP contribution in [0.25, 0.3) is 28.0 Å². The van der Waals surface area contributed by atoms with Crippen LogP contribution in [0.2, 0.25) is 5.15 Å². The molecule has 0 aliphatic rings. The number of hydrogen-bond acceptors (Lipinski definition) is 7. The number of nitrogens with one attached hydrogen (secondary N) is 1. The van der Waals surface area contributed by atoms with Crippen molar-refractivity contribution in [3.8, 4) is 22.8 Å². The molecule has 0 fully saturated rings. The molecule has 0 aliphatic carbocycles. The van der Waals surface area contributed by atoms with Crippen LogP contribution in [0.4, 0.5) is 5.82 Å². The molecule has 0 spiro atoms. The number of methoxy groups -OCH3 is 1. The molecule has 0 radical (unpaired) electrons. The number of fused-ring (bicyclic) bond motifs is 1. The summed E-state index contributed by atoms with van der Waals surface area (Å²) < 4.78 is 7.43. The van der Waals surface area contributed by atoms with Gasteiger partial charge in [0.1, 0.15) is 10.8 Å². The normalized spacial score (nSPS) is 11.1. The van der Waals surface area contributed by atoms with Gasteiger partial charge in [-0.1, -0.05) is 17.7 Å². The van der Waals surface area contributed by atoms with Crippen LogP contribution in [0.3, 0.4) is 0 Å². The zero-order valence-electron chi connectivity index (χ0n) is 14.3. The van der Waals surface area contributed by atoms with Gasteiger partial charge in [-0.2, -0.15) is 4.80 Å². The quantitative estimate of drug-likeness (QED) is 0.550. The van der Waals surface area contributed by atoms with Gasteiger partial charge in [-0.25, -0.2) is 9.67 Å². The maximum absolute atomic E-state index is 6.10. The van der Waals surface area contributed by atoms with Crippen molar-refractivity contribution >= 4 is 28.3 Å². The van der Waals surface area contributed by atoms with Crippen LogP contribution >= 0.6 is 11.6 Å². The molecule has 3 heterocycles. The van der Waals surface area contributed by atoms with E-state index in [2.05, 4.69) is 30.8 Å². The van der Waals surface area contributed by atoms with Crippen LogP contribution < -0.4 is 10.1 Å². The number of nitrogens with zero attached hydrogens (tertiary/aromatic N) is 7. The van der Waals surface area contributed by atoms with Gasteiger partial charge in [-0.05, 0) is 17.3 Å². The molecule has 4 aromatic rings. The minimum absolute atomic E-state index is 0.381. The van der Waals surface area contributed by atoms with Gasteiger partial charge >= 0.3 is 0 Å². The van der Waals surface area contributed by atoms with Gasteiger partial charge in [0.25, 0.3) is 0 Å². The summed E-state index contributed by atoms with van der Waals surface area (Å²) >= 11 is 6.10. The van der Waals surface area contributed by atoms with Crippen molar-refractivity contribution in [1.82, 2.24) is 35.0 Å². The first-order chi connectivity index (χ1) is 12.6. The Hall–Kier alpha value is -3.20. The Labute approximate surface area is 153 Å². The number of halogens is 1. The molecule has 10 heteroatoms. The smallest absolute Gasteiger partial charge is 0.208 e. The van der Waals surface area contributed by atoms with E-state index in [1.165, 1.54) is 4.80 Å². The summed E-state index contributed by atoms with van der Waals surface area (Å²) in [5.41, 5.74) is 2.25. The number of rotatable bonds is 4. The van der Waals surface area contributed by atoms with Crippen molar-refractivity contribution in [2.75, 3.05) is 19.5 Å². The number of tetrazole rings is 1. The number of pyridine rings is 1. The summed E-state index contributed by atoms with van der Waals surface area (Å²) in [4.78, 5) is 5.54. The number of anilines is 1. The lowest BCUT2D eigenvalue weighted by molar-refractivity contribution is 0.413. The summed E-state index contributed by atoms with van der Waals surface area (Å²) in [5.74, 6) is 1.74. The molecule has 0 bridgehead atoms. The van der Waals surface area contributed by atoms with Crippen molar-refractivity contribution in [3.63, 3.8) is 0 Å². The van der Waals surface area contributed by atoms with Gasteiger partial charge in [0.15, 0.2) is 11.6 Å². The molecule has 0 saturated carbocycles. The van der Waals surface area contributed by atoms with Gasteiger partial charge < -0.3 is 10.1 Å². The third-order valence-corrected chi connectivity index (χ3v) is 4.15. The SMILES string of the molecule is CNc1nn(-c2cccc(-c3nnn(C)n3)c2OC)c2cc(Cl)ncc12. The second kappa shape index (κ2) is 6.26. The van der Waals surface area contributed by atoms with E-state index >= 15 is 0 Å². The number of benzene rings is 1. The standard InChI is InChI=1S/C16H15ClN8O/c1-18-15-10-8-19-13(17)7-12(10)25(22-15)11-6-4-5-9(14(11)26-3)16-20-23-24(2)21-16/h4-8H,1-3H3,(H,18,22). The lowest BCUT2D eigenvalue weighted by atomic mass is 10.1. The third-order valence-electron chi connectivity index (χ3n) is 3.94. The molecular weight excluding hydrogens is 356 g/mol. The Balaban J connectivity index is 1.99. The molecule has 0 aliphatic heterocycles. The average molecular weight is 371 g/mol. The summed E-state index contributed by atoms with van der Waals surface area (Å²) in [6.07, 6.45) is 1.69. The highest BCUT2D eigenvalue weighted by molar-refractivity contribution is 6.30. The second-order valence-electron chi connectivity index (χ2n) is 5.50. The fraction of sp³-hybridized carbons (Fsp3) is 0.188. The van der Waals surface area contributed by atoms with Crippen LogP contribution in [0, 0.1) is 0 Å². The largest absolute Gasteiger partial charge is 0.494 e. The van der Waals surface area contributed by atoms with E-state index in [9.17, 15) is 0 Å². The van der Waals surface area contributed by atoms with Crippen LogP contribution in [-0.2, 0) is 7.05 Å². The molecule has 4 rings (SSSR count). The number of hydrogen-bond donors (Lipinski definition) is 1. The Kier molecular flexibility index (Phi) is 3.92. The maximum Gasteiger partial charge on any atom is 0.208 e. The van der Waals surface area contributed by atoms with Gasteiger partial charge in [0, 0.05) is 19.3 Å². The summed E-state index contributed by atoms with van der Waals surface area (Å²) in [7, 11) is 5.11. The Morgan fingerprint density at radius 2 is 2.08 bits per heavy atom. The van der Waals surface area contributed by atoms with Crippen molar-refractivity contribution in [2.45, 2.75) is 0 Å². The molecular formula is C16H15ClN8O. The van der Waals surface area contributed by atoms with Crippen molar-refractivity contribution in [3.05, 3.63) is 35.6 Å². The van der Waals surface area contributed by atoms with Crippen LogP contribution in [0.15, 0.2) is 30.5 Å². The molecule has 1 N–H and O–H groups in total. The van der Waals surface area contributed by atoms with Gasteiger partial charge in [-0.3, -0.25) is 0 Å². The summed E-state index contributed by atoms with van der Waals surface area (Å²) in [6, 6.07) is 7.42. The van der Waals surface area contributed by atoms with E-state index < -0.39 is 0 Å². The molecule has 1 aromatic carbocycles. The number of para-hydroxylation sites is 1. The highest BCUT2D eigenvalue weighted by atomic mass is 35.5. The topological polar surface area (TPSA) is 95.6 Å². The van der Waals surface area contributed by atoms with E-state index in [4.69, 9.17) is 16.3 Å². The van der Waals surface area contributed by atoms with Crippen LogP contribution in [-0.4, -0.2) is 49.1 Å². The first kappa shape index (κ1) is 16.3. The number of ether oxygens (including phenoxy) is 1. The number of aryl methyl sites for hydroxylation is 1. The highest BCUT2D eigenvalue weighted by Gasteiger charge is 2.19. The Bertz CT molecular complexity index is 1100. The van der Waals surface area contributed by atoms with Crippen molar-refractivity contribution in [1.29, 1.82) is 0 Å². The molecule has 0 unspecified atom stereocenters. The Morgan fingerprint density at radius 1 is 1.23 bits per heavy atom. The summed E-state index contributed by atoms with van der Waals surface area (Å²) in [5, 5.41) is 21.2. The third kappa shape index (κ3) is 2.53. The van der Waals surface area contributed by atoms with E-state index in [0.29, 0.717) is 28.1 Å². The highest BCUT2D eigenvalue weighted by Crippen LogP contribution is 2.36. The Morgan fingerprint density at radius 3 is 2.77 bits per heavy atom. The first-order valence-electron chi connectivity index (χ1n) is 7.76. The monoisotopic (exact) mass is 370 g/mol. The van der Waals surface area contributed by atoms with Crippen LogP contribution in [0.5, 0.6) is 5.75 Å². The molecule has 0 saturated heterocycles. The molecule has 0 atom stereocenters. The van der Waals surface area contributed by atoms with E-state index in [1.54, 1.807) is 38.2 Å². The van der Waals surface area contributed by atoms with Gasteiger partial charge in [0.2, 0.25) is 5.82 Å². The molecule has 9 nitrogen and oxygen atoms in total. The first-order valence-corrected chi connectivity index (χ1v) is 8.14. The fourth-order valence-electron chi connectivity index (χ4n) is 2.83. The minimum atomic E-state index is 0.381. The number of aromatic nitrogens is 7.